The molecule has 1 heterocycles. The monoisotopic (exact) mass is 294 g/mol. The number of carbonyl (C=O) groups is 1. The number of benzene rings is 2. The Morgan fingerprint density at radius 2 is 1.86 bits per heavy atom. The van der Waals surface area contributed by atoms with Gasteiger partial charge >= 0.3 is 0 Å². The van der Waals surface area contributed by atoms with Gasteiger partial charge in [-0.3, -0.25) is 4.79 Å². The topological polar surface area (TPSA) is 33.2 Å². The second-order valence-corrected chi connectivity index (χ2v) is 4.92. The molecule has 0 atom stereocenters. The Labute approximate surface area is 128 Å². The van der Waals surface area contributed by atoms with Crippen molar-refractivity contribution >= 4 is 22.4 Å². The van der Waals surface area contributed by atoms with Gasteiger partial charge in [-0.15, -0.1) is 0 Å². The molecule has 3 aromatic rings. The van der Waals surface area contributed by atoms with Crippen molar-refractivity contribution in [2.45, 2.75) is 6.92 Å². The highest BCUT2D eigenvalue weighted by Crippen LogP contribution is 2.27. The zero-order valence-electron chi connectivity index (χ0n) is 12.2. The van der Waals surface area contributed by atoms with E-state index in [0.29, 0.717) is 12.1 Å². The molecule has 0 bridgehead atoms. The maximum absolute atomic E-state index is 12.9. The maximum atomic E-state index is 12.9. The number of pyridine rings is 1. The van der Waals surface area contributed by atoms with E-state index in [9.17, 15) is 9.18 Å². The van der Waals surface area contributed by atoms with Crippen molar-refractivity contribution in [3.8, 4) is 0 Å². The molecule has 0 spiro atoms. The minimum Gasteiger partial charge on any atom is -0.308 e. The van der Waals surface area contributed by atoms with Crippen LogP contribution in [0.15, 0.2) is 60.8 Å². The zero-order valence-corrected chi connectivity index (χ0v) is 12.2. The molecule has 0 saturated carbocycles. The zero-order chi connectivity index (χ0) is 15.5. The first kappa shape index (κ1) is 14.2. The number of hydrogen-bond acceptors (Lipinski definition) is 2. The number of carbonyl (C=O) groups excluding carboxylic acids is 1. The van der Waals surface area contributed by atoms with Gasteiger partial charge in [0.25, 0.3) is 5.91 Å². The quantitative estimate of drug-likeness (QED) is 0.683. The fraction of sp³-hybridized carbons (Fsp3) is 0.111. The van der Waals surface area contributed by atoms with Crippen LogP contribution in [0, 0.1) is 5.95 Å². The summed E-state index contributed by atoms with van der Waals surface area (Å²) in [6.45, 7) is 2.43. The number of anilines is 1. The molecule has 110 valence electrons. The van der Waals surface area contributed by atoms with Crippen LogP contribution in [0.25, 0.3) is 10.8 Å². The average molecular weight is 294 g/mol. The summed E-state index contributed by atoms with van der Waals surface area (Å²) >= 11 is 0. The van der Waals surface area contributed by atoms with Gasteiger partial charge in [0, 0.05) is 18.1 Å². The van der Waals surface area contributed by atoms with E-state index in [4.69, 9.17) is 0 Å². The average Bonchev–Trinajstić information content (AvgIpc) is 2.56. The summed E-state index contributed by atoms with van der Waals surface area (Å²) in [6, 6.07) is 16.4. The lowest BCUT2D eigenvalue weighted by Crippen LogP contribution is -2.30. The van der Waals surface area contributed by atoms with Gasteiger partial charge in [-0.25, -0.2) is 4.98 Å². The number of amides is 1. The van der Waals surface area contributed by atoms with Gasteiger partial charge in [0.05, 0.1) is 11.3 Å². The summed E-state index contributed by atoms with van der Waals surface area (Å²) in [6.07, 6.45) is 1.27. The Hall–Kier alpha value is -2.75. The molecule has 1 amide bonds. The summed E-state index contributed by atoms with van der Waals surface area (Å²) in [7, 11) is 0. The van der Waals surface area contributed by atoms with Crippen LogP contribution < -0.4 is 4.90 Å². The number of nitrogens with zero attached hydrogens (tertiary/aromatic N) is 2. The van der Waals surface area contributed by atoms with Gasteiger partial charge in [0.1, 0.15) is 0 Å². The third-order valence-electron chi connectivity index (χ3n) is 3.59. The van der Waals surface area contributed by atoms with Gasteiger partial charge < -0.3 is 4.90 Å². The van der Waals surface area contributed by atoms with E-state index in [1.165, 1.54) is 18.3 Å². The van der Waals surface area contributed by atoms with E-state index < -0.39 is 5.95 Å². The minimum atomic E-state index is -0.593. The first-order valence-corrected chi connectivity index (χ1v) is 7.12. The molecule has 0 saturated heterocycles. The van der Waals surface area contributed by atoms with Gasteiger partial charge in [0.2, 0.25) is 5.95 Å². The molecule has 0 N–H and O–H groups in total. The highest BCUT2D eigenvalue weighted by Gasteiger charge is 2.18. The highest BCUT2D eigenvalue weighted by atomic mass is 19.1. The summed E-state index contributed by atoms with van der Waals surface area (Å²) in [5.74, 6) is -0.781. The lowest BCUT2D eigenvalue weighted by molar-refractivity contribution is 0.0988. The molecule has 3 nitrogen and oxygen atoms in total. The predicted octanol–water partition coefficient (Wildman–Crippen LogP) is 4.04. The Kier molecular flexibility index (Phi) is 3.83. The Morgan fingerprint density at radius 1 is 1.09 bits per heavy atom. The second-order valence-electron chi connectivity index (χ2n) is 4.92. The molecular weight excluding hydrogens is 279 g/mol. The first-order valence-electron chi connectivity index (χ1n) is 7.12. The number of hydrogen-bond donors (Lipinski definition) is 0. The number of aromatic nitrogens is 1. The fourth-order valence-electron chi connectivity index (χ4n) is 2.53. The number of halogens is 1. The van der Waals surface area contributed by atoms with Crippen molar-refractivity contribution in [1.29, 1.82) is 0 Å². The molecule has 0 radical (unpaired) electrons. The van der Waals surface area contributed by atoms with E-state index in [1.807, 2.05) is 49.4 Å². The number of rotatable bonds is 3. The molecule has 3 rings (SSSR count). The van der Waals surface area contributed by atoms with Crippen LogP contribution in [0.5, 0.6) is 0 Å². The van der Waals surface area contributed by atoms with E-state index in [2.05, 4.69) is 4.98 Å². The van der Waals surface area contributed by atoms with Crippen molar-refractivity contribution < 1.29 is 9.18 Å². The Morgan fingerprint density at radius 3 is 2.59 bits per heavy atom. The molecule has 0 aliphatic carbocycles. The standard InChI is InChI=1S/C18H15FN2O/c1-2-21(18(22)14-10-11-17(19)20-12-14)16-9-5-7-13-6-3-4-8-15(13)16/h3-12H,2H2,1H3. The normalized spacial score (nSPS) is 10.6. The molecule has 4 heteroatoms. The van der Waals surface area contributed by atoms with Crippen molar-refractivity contribution in [3.05, 3.63) is 72.3 Å². The van der Waals surface area contributed by atoms with Crippen LogP contribution in [0.1, 0.15) is 17.3 Å². The van der Waals surface area contributed by atoms with Crippen LogP contribution in [-0.2, 0) is 0 Å². The Bertz CT molecular complexity index is 809. The molecule has 0 aliphatic rings. The first-order chi connectivity index (χ1) is 10.7. The van der Waals surface area contributed by atoms with Crippen LogP contribution in [0.2, 0.25) is 0 Å². The molecule has 22 heavy (non-hydrogen) atoms. The lowest BCUT2D eigenvalue weighted by atomic mass is 10.1. The summed E-state index contributed by atoms with van der Waals surface area (Å²) in [4.78, 5) is 17.9. The van der Waals surface area contributed by atoms with E-state index in [1.54, 1.807) is 4.90 Å². The fourth-order valence-corrected chi connectivity index (χ4v) is 2.53. The third-order valence-corrected chi connectivity index (χ3v) is 3.59. The molecule has 2 aromatic carbocycles. The Balaban J connectivity index is 2.06. The molecule has 0 aliphatic heterocycles. The van der Waals surface area contributed by atoms with Crippen LogP contribution in [0.4, 0.5) is 10.1 Å². The van der Waals surface area contributed by atoms with Crippen molar-refractivity contribution in [3.63, 3.8) is 0 Å². The number of fused-ring (bicyclic) bond motifs is 1. The highest BCUT2D eigenvalue weighted by molar-refractivity contribution is 6.10. The maximum Gasteiger partial charge on any atom is 0.259 e. The van der Waals surface area contributed by atoms with Gasteiger partial charge in [-0.1, -0.05) is 36.4 Å². The second kappa shape index (κ2) is 5.93. The van der Waals surface area contributed by atoms with Crippen LogP contribution in [0.3, 0.4) is 0 Å². The molecule has 0 unspecified atom stereocenters. The van der Waals surface area contributed by atoms with Gasteiger partial charge in [-0.05, 0) is 30.5 Å². The summed E-state index contributed by atoms with van der Waals surface area (Å²) < 4.78 is 12.9. The summed E-state index contributed by atoms with van der Waals surface area (Å²) in [5, 5.41) is 2.08. The van der Waals surface area contributed by atoms with Crippen molar-refractivity contribution in [2.75, 3.05) is 11.4 Å². The van der Waals surface area contributed by atoms with E-state index in [0.717, 1.165) is 16.5 Å². The summed E-state index contributed by atoms with van der Waals surface area (Å²) in [5.41, 5.74) is 1.21. The molecule has 1 aromatic heterocycles. The van der Waals surface area contributed by atoms with Crippen molar-refractivity contribution in [2.24, 2.45) is 0 Å². The van der Waals surface area contributed by atoms with E-state index in [-0.39, 0.29) is 5.91 Å². The van der Waals surface area contributed by atoms with Crippen LogP contribution in [-0.4, -0.2) is 17.4 Å². The van der Waals surface area contributed by atoms with Crippen LogP contribution >= 0.6 is 0 Å². The molecular formula is C18H15FN2O. The predicted molar refractivity (Wildman–Crippen MR) is 85.5 cm³/mol. The molecule has 0 fully saturated rings. The minimum absolute atomic E-state index is 0.189. The third kappa shape index (κ3) is 2.55. The largest absolute Gasteiger partial charge is 0.308 e. The smallest absolute Gasteiger partial charge is 0.259 e. The lowest BCUT2D eigenvalue weighted by Gasteiger charge is -2.22. The van der Waals surface area contributed by atoms with Gasteiger partial charge in [-0.2, -0.15) is 4.39 Å². The van der Waals surface area contributed by atoms with Crippen molar-refractivity contribution in [1.82, 2.24) is 4.98 Å². The van der Waals surface area contributed by atoms with E-state index >= 15 is 0 Å². The van der Waals surface area contributed by atoms with Gasteiger partial charge in [0.15, 0.2) is 0 Å². The SMILES string of the molecule is CCN(C(=O)c1ccc(F)nc1)c1cccc2ccccc12.